The maximum atomic E-state index is 13.4. The first-order chi connectivity index (χ1) is 12.7. The number of rotatable bonds is 7. The molecule has 27 heavy (non-hydrogen) atoms. The first-order valence-corrected chi connectivity index (χ1v) is 12.1. The summed E-state index contributed by atoms with van der Waals surface area (Å²) in [5.41, 5.74) is 1.56. The number of benzene rings is 2. The van der Waals surface area contributed by atoms with Gasteiger partial charge in [-0.2, -0.15) is 16.8 Å². The van der Waals surface area contributed by atoms with Crippen LogP contribution in [0, 0.1) is 12.7 Å². The van der Waals surface area contributed by atoms with Crippen molar-refractivity contribution in [1.82, 2.24) is 0 Å². The number of hydrogen-bond acceptors (Lipinski definition) is 7. The summed E-state index contributed by atoms with van der Waals surface area (Å²) in [5.74, 6) is -0.230. The Morgan fingerprint density at radius 2 is 1.81 bits per heavy atom. The van der Waals surface area contributed by atoms with Gasteiger partial charge in [0, 0.05) is 11.4 Å². The summed E-state index contributed by atoms with van der Waals surface area (Å²) in [4.78, 5) is 2.57. The van der Waals surface area contributed by atoms with Gasteiger partial charge in [0.15, 0.2) is 0 Å². The third-order valence-electron chi connectivity index (χ3n) is 3.96. The molecule has 1 aliphatic rings. The van der Waals surface area contributed by atoms with E-state index in [2.05, 4.69) is 3.63 Å². The van der Waals surface area contributed by atoms with Crippen molar-refractivity contribution >= 4 is 37.7 Å². The van der Waals surface area contributed by atoms with Crippen molar-refractivity contribution in [3.05, 3.63) is 53.8 Å². The fraction of sp³-hybridized carbons (Fsp3) is 0.294. The molecular formula is C17H18FNO5S3. The molecule has 0 amide bonds. The first-order valence-electron chi connectivity index (χ1n) is 8.09. The van der Waals surface area contributed by atoms with Gasteiger partial charge in [0.05, 0.1) is 22.2 Å². The summed E-state index contributed by atoms with van der Waals surface area (Å²) in [6, 6.07) is 10.2. The molecule has 0 saturated heterocycles. The highest BCUT2D eigenvalue weighted by molar-refractivity contribution is 8.00. The Hall–Kier alpha value is -1.62. The Morgan fingerprint density at radius 3 is 2.52 bits per heavy atom. The zero-order valence-corrected chi connectivity index (χ0v) is 16.9. The lowest BCUT2D eigenvalue weighted by Gasteiger charge is -2.18. The van der Waals surface area contributed by atoms with Crippen LogP contribution in [0.15, 0.2) is 52.3 Å². The highest BCUT2D eigenvalue weighted by atomic mass is 32.3. The molecule has 10 heteroatoms. The molecule has 1 aliphatic heterocycles. The van der Waals surface area contributed by atoms with Gasteiger partial charge in [0.25, 0.3) is 10.1 Å². The standard InChI is InChI=1S/C17H18FNO5S3/c1-13-3-6-15(7-4-13)27(22,23)24-26(20,21)10-2-9-19-12-25-17-8-5-14(18)11-16(17)19/h3-8,11H,2,9-10,12H2,1H3. The SMILES string of the molecule is Cc1ccc(S(=O)(=O)OS(=O)(=O)CCCN2CSc3ccc(F)cc32)cc1. The normalized spacial score (nSPS) is 14.4. The van der Waals surface area contributed by atoms with Crippen LogP contribution in [0.1, 0.15) is 12.0 Å². The van der Waals surface area contributed by atoms with Crippen molar-refractivity contribution in [2.45, 2.75) is 23.1 Å². The highest BCUT2D eigenvalue weighted by Gasteiger charge is 2.26. The summed E-state index contributed by atoms with van der Waals surface area (Å²) in [6.45, 7) is 2.13. The zero-order valence-electron chi connectivity index (χ0n) is 14.5. The summed E-state index contributed by atoms with van der Waals surface area (Å²) >= 11 is 1.53. The third-order valence-corrected chi connectivity index (χ3v) is 8.24. The van der Waals surface area contributed by atoms with Gasteiger partial charge in [-0.3, -0.25) is 0 Å². The van der Waals surface area contributed by atoms with Gasteiger partial charge in [0.1, 0.15) is 5.82 Å². The third kappa shape index (κ3) is 5.01. The lowest BCUT2D eigenvalue weighted by molar-refractivity contribution is 0.460. The Kier molecular flexibility index (Phi) is 5.80. The van der Waals surface area contributed by atoms with E-state index in [1.807, 2.05) is 4.90 Å². The van der Waals surface area contributed by atoms with Crippen LogP contribution in [-0.2, 0) is 23.9 Å². The Labute approximate surface area is 162 Å². The molecule has 0 spiro atoms. The van der Waals surface area contributed by atoms with Crippen molar-refractivity contribution in [3.8, 4) is 0 Å². The van der Waals surface area contributed by atoms with Gasteiger partial charge in [0.2, 0.25) is 0 Å². The van der Waals surface area contributed by atoms with E-state index in [4.69, 9.17) is 0 Å². The molecule has 2 aromatic rings. The molecule has 6 nitrogen and oxygen atoms in total. The molecule has 146 valence electrons. The minimum Gasteiger partial charge on any atom is -0.361 e. The predicted molar refractivity (Wildman–Crippen MR) is 102 cm³/mol. The fourth-order valence-electron chi connectivity index (χ4n) is 2.61. The van der Waals surface area contributed by atoms with Crippen LogP contribution in [0.3, 0.4) is 0 Å². The minimum atomic E-state index is -4.39. The number of nitrogens with zero attached hydrogens (tertiary/aromatic N) is 1. The molecule has 3 rings (SSSR count). The molecule has 0 radical (unpaired) electrons. The van der Waals surface area contributed by atoms with Crippen LogP contribution < -0.4 is 4.90 Å². The predicted octanol–water partition coefficient (Wildman–Crippen LogP) is 3.13. The monoisotopic (exact) mass is 431 g/mol. The second-order valence-corrected chi connectivity index (χ2v) is 10.5. The van der Waals surface area contributed by atoms with Crippen LogP contribution in [0.25, 0.3) is 0 Å². The quantitative estimate of drug-likeness (QED) is 0.666. The molecule has 0 N–H and O–H groups in total. The smallest absolute Gasteiger partial charge is 0.311 e. The molecule has 1 heterocycles. The summed E-state index contributed by atoms with van der Waals surface area (Å²) in [5, 5.41) is 0. The van der Waals surface area contributed by atoms with Crippen molar-refractivity contribution in [2.24, 2.45) is 0 Å². The van der Waals surface area contributed by atoms with Gasteiger partial charge in [-0.1, -0.05) is 17.7 Å². The van der Waals surface area contributed by atoms with E-state index < -0.39 is 26.0 Å². The Bertz CT molecular complexity index is 1040. The van der Waals surface area contributed by atoms with Gasteiger partial charge >= 0.3 is 10.1 Å². The molecule has 0 atom stereocenters. The van der Waals surface area contributed by atoms with Gasteiger partial charge in [-0.05, 0) is 43.7 Å². The second-order valence-electron chi connectivity index (χ2n) is 6.10. The van der Waals surface area contributed by atoms with Crippen molar-refractivity contribution in [1.29, 1.82) is 0 Å². The number of aryl methyl sites for hydroxylation is 1. The van der Waals surface area contributed by atoms with Crippen molar-refractivity contribution in [2.75, 3.05) is 23.1 Å². The molecule has 0 bridgehead atoms. The lowest BCUT2D eigenvalue weighted by atomic mass is 10.2. The molecule has 0 saturated carbocycles. The summed E-state index contributed by atoms with van der Waals surface area (Å²) < 4.78 is 66.3. The average Bonchev–Trinajstić information content (AvgIpc) is 2.96. The molecule has 0 unspecified atom stereocenters. The van der Waals surface area contributed by atoms with E-state index in [0.717, 1.165) is 10.5 Å². The van der Waals surface area contributed by atoms with E-state index in [1.165, 1.54) is 36.0 Å². The number of anilines is 1. The van der Waals surface area contributed by atoms with Crippen molar-refractivity contribution in [3.63, 3.8) is 0 Å². The molecule has 0 aliphatic carbocycles. The van der Waals surface area contributed by atoms with E-state index in [9.17, 15) is 21.2 Å². The van der Waals surface area contributed by atoms with Gasteiger partial charge in [-0.25, -0.2) is 4.39 Å². The van der Waals surface area contributed by atoms with Crippen molar-refractivity contribution < 1.29 is 24.9 Å². The van der Waals surface area contributed by atoms with E-state index in [0.29, 0.717) is 18.1 Å². The minimum absolute atomic E-state index is 0.155. The molecular weight excluding hydrogens is 413 g/mol. The number of fused-ring (bicyclic) bond motifs is 1. The average molecular weight is 432 g/mol. The second kappa shape index (κ2) is 7.78. The van der Waals surface area contributed by atoms with E-state index in [-0.39, 0.29) is 17.1 Å². The van der Waals surface area contributed by atoms with Crippen LogP contribution in [0.4, 0.5) is 10.1 Å². The maximum Gasteiger partial charge on any atom is 0.311 e. The molecule has 2 aromatic carbocycles. The molecule has 0 fully saturated rings. The number of thioether (sulfide) groups is 1. The number of halogens is 1. The Morgan fingerprint density at radius 1 is 1.11 bits per heavy atom. The topological polar surface area (TPSA) is 80.8 Å². The summed E-state index contributed by atoms with van der Waals surface area (Å²) in [6.07, 6.45) is 0.155. The van der Waals surface area contributed by atoms with E-state index in [1.54, 1.807) is 25.1 Å². The molecule has 0 aromatic heterocycles. The van der Waals surface area contributed by atoms with E-state index >= 15 is 0 Å². The summed E-state index contributed by atoms with van der Waals surface area (Å²) in [7, 11) is -8.66. The van der Waals surface area contributed by atoms with Crippen LogP contribution in [-0.4, -0.2) is 35.0 Å². The number of hydrogen-bond donors (Lipinski definition) is 0. The first kappa shape index (κ1) is 20.1. The van der Waals surface area contributed by atoms with Gasteiger partial charge in [-0.15, -0.1) is 15.4 Å². The van der Waals surface area contributed by atoms with Gasteiger partial charge < -0.3 is 4.90 Å². The Balaban J connectivity index is 1.60. The fourth-order valence-corrected chi connectivity index (χ4v) is 6.30. The largest absolute Gasteiger partial charge is 0.361 e. The van der Waals surface area contributed by atoms with Crippen LogP contribution in [0.2, 0.25) is 0 Å². The highest BCUT2D eigenvalue weighted by Crippen LogP contribution is 2.38. The lowest BCUT2D eigenvalue weighted by Crippen LogP contribution is -2.24. The van der Waals surface area contributed by atoms with Crippen LogP contribution in [0.5, 0.6) is 0 Å². The zero-order chi connectivity index (χ0) is 19.7. The van der Waals surface area contributed by atoms with Crippen LogP contribution >= 0.6 is 11.8 Å². The maximum absolute atomic E-state index is 13.4.